The molecule has 2 aromatic carbocycles. The van der Waals surface area contributed by atoms with Crippen LogP contribution in [0.2, 0.25) is 0 Å². The van der Waals surface area contributed by atoms with Gasteiger partial charge < -0.3 is 19.5 Å². The van der Waals surface area contributed by atoms with Gasteiger partial charge in [-0.1, -0.05) is 37.3 Å². The summed E-state index contributed by atoms with van der Waals surface area (Å²) in [6.45, 7) is 4.07. The van der Waals surface area contributed by atoms with Crippen molar-refractivity contribution in [1.82, 2.24) is 14.4 Å². The summed E-state index contributed by atoms with van der Waals surface area (Å²) in [4.78, 5) is 27.3. The van der Waals surface area contributed by atoms with Crippen LogP contribution in [0.1, 0.15) is 40.0 Å². The SMILES string of the molecule is CC1CN(C(=O)N(C)C)Cc2c1c1ccccc1n2Cc1ccc(C(=O)O)cc1. The van der Waals surface area contributed by atoms with Crippen molar-refractivity contribution in [2.24, 2.45) is 0 Å². The lowest BCUT2D eigenvalue weighted by atomic mass is 9.93. The number of carboxylic acids is 1. The van der Waals surface area contributed by atoms with Crippen molar-refractivity contribution < 1.29 is 14.7 Å². The molecule has 2 amide bonds. The van der Waals surface area contributed by atoms with Crippen LogP contribution in [0.25, 0.3) is 10.9 Å². The molecule has 1 unspecified atom stereocenters. The van der Waals surface area contributed by atoms with Crippen LogP contribution in [-0.4, -0.2) is 52.1 Å². The molecule has 0 aliphatic carbocycles. The van der Waals surface area contributed by atoms with E-state index in [2.05, 4.69) is 29.7 Å². The van der Waals surface area contributed by atoms with Gasteiger partial charge in [-0.15, -0.1) is 0 Å². The first-order valence-electron chi connectivity index (χ1n) is 9.75. The van der Waals surface area contributed by atoms with Crippen LogP contribution in [0.5, 0.6) is 0 Å². The molecular formula is C23H25N3O3. The number of amides is 2. The molecule has 150 valence electrons. The smallest absolute Gasteiger partial charge is 0.335 e. The number of benzene rings is 2. The van der Waals surface area contributed by atoms with E-state index in [1.165, 1.54) is 10.9 Å². The Labute approximate surface area is 170 Å². The number of rotatable bonds is 3. The Morgan fingerprint density at radius 1 is 1.10 bits per heavy atom. The third-order valence-electron chi connectivity index (χ3n) is 5.64. The van der Waals surface area contributed by atoms with Gasteiger partial charge in [0, 0.05) is 49.7 Å². The number of aromatic carboxylic acids is 1. The van der Waals surface area contributed by atoms with E-state index in [0.29, 0.717) is 19.6 Å². The van der Waals surface area contributed by atoms with Crippen LogP contribution >= 0.6 is 0 Å². The summed E-state index contributed by atoms with van der Waals surface area (Å²) in [5.41, 5.74) is 4.92. The zero-order chi connectivity index (χ0) is 20.7. The van der Waals surface area contributed by atoms with Crippen molar-refractivity contribution in [3.05, 3.63) is 70.9 Å². The van der Waals surface area contributed by atoms with Crippen LogP contribution in [0.15, 0.2) is 48.5 Å². The number of hydrogen-bond donors (Lipinski definition) is 1. The van der Waals surface area contributed by atoms with Crippen molar-refractivity contribution in [1.29, 1.82) is 0 Å². The van der Waals surface area contributed by atoms with Gasteiger partial charge in [-0.05, 0) is 29.3 Å². The molecule has 1 N–H and O–H groups in total. The summed E-state index contributed by atoms with van der Waals surface area (Å²) < 4.78 is 2.27. The van der Waals surface area contributed by atoms with Crippen LogP contribution in [0.4, 0.5) is 4.79 Å². The predicted molar refractivity (Wildman–Crippen MR) is 112 cm³/mol. The molecule has 2 heterocycles. The maximum absolute atomic E-state index is 12.6. The van der Waals surface area contributed by atoms with Crippen molar-refractivity contribution in [2.45, 2.75) is 25.9 Å². The monoisotopic (exact) mass is 391 g/mol. The molecule has 0 saturated carbocycles. The van der Waals surface area contributed by atoms with Gasteiger partial charge in [0.1, 0.15) is 0 Å². The van der Waals surface area contributed by atoms with Crippen LogP contribution in [-0.2, 0) is 13.1 Å². The lowest BCUT2D eigenvalue weighted by Crippen LogP contribution is -2.43. The molecule has 3 aromatic rings. The first-order valence-corrected chi connectivity index (χ1v) is 9.75. The summed E-state index contributed by atoms with van der Waals surface area (Å²) in [5, 5.41) is 10.4. The van der Waals surface area contributed by atoms with Gasteiger partial charge in [-0.3, -0.25) is 0 Å². The molecule has 1 atom stereocenters. The van der Waals surface area contributed by atoms with Gasteiger partial charge in [-0.2, -0.15) is 0 Å². The first-order chi connectivity index (χ1) is 13.9. The summed E-state index contributed by atoms with van der Waals surface area (Å²) in [6, 6.07) is 15.4. The third kappa shape index (κ3) is 3.35. The molecule has 4 rings (SSSR count). The number of nitrogens with zero attached hydrogens (tertiary/aromatic N) is 3. The predicted octanol–water partition coefficient (Wildman–Crippen LogP) is 3.99. The van der Waals surface area contributed by atoms with Crippen LogP contribution < -0.4 is 0 Å². The number of carbonyl (C=O) groups is 2. The molecule has 1 aliphatic heterocycles. The third-order valence-corrected chi connectivity index (χ3v) is 5.64. The van der Waals surface area contributed by atoms with Crippen LogP contribution in [0, 0.1) is 0 Å². The van der Waals surface area contributed by atoms with Gasteiger partial charge in [0.05, 0.1) is 12.1 Å². The standard InChI is InChI=1S/C23H25N3O3/c1-15-12-25(23(29)24(2)3)14-20-21(15)18-6-4-5-7-19(18)26(20)13-16-8-10-17(11-9-16)22(27)28/h4-11,15H,12-14H2,1-3H3,(H,27,28). The molecule has 1 aromatic heterocycles. The average Bonchev–Trinajstić information content (AvgIpc) is 3.02. The van der Waals surface area contributed by atoms with Gasteiger partial charge in [0.2, 0.25) is 0 Å². The zero-order valence-corrected chi connectivity index (χ0v) is 16.9. The number of carboxylic acid groups (broad SMARTS) is 1. The quantitative estimate of drug-likeness (QED) is 0.734. The molecule has 29 heavy (non-hydrogen) atoms. The minimum Gasteiger partial charge on any atom is -0.478 e. The largest absolute Gasteiger partial charge is 0.478 e. The molecule has 0 radical (unpaired) electrons. The van der Waals surface area contributed by atoms with E-state index in [0.717, 1.165) is 16.8 Å². The Kier molecular flexibility index (Phi) is 4.78. The number of aromatic nitrogens is 1. The minimum atomic E-state index is -0.924. The fourth-order valence-electron chi connectivity index (χ4n) is 4.32. The highest BCUT2D eigenvalue weighted by atomic mass is 16.4. The Balaban J connectivity index is 1.79. The maximum atomic E-state index is 12.6. The molecule has 0 saturated heterocycles. The molecule has 6 heteroatoms. The highest BCUT2D eigenvalue weighted by Gasteiger charge is 2.31. The number of carbonyl (C=O) groups excluding carboxylic acids is 1. The van der Waals surface area contributed by atoms with E-state index in [1.807, 2.05) is 23.1 Å². The fourth-order valence-corrected chi connectivity index (χ4v) is 4.32. The van der Waals surface area contributed by atoms with Gasteiger partial charge in [0.25, 0.3) is 0 Å². The summed E-state index contributed by atoms with van der Waals surface area (Å²) in [5.74, 6) is -0.685. The molecule has 6 nitrogen and oxygen atoms in total. The van der Waals surface area contributed by atoms with Crippen molar-refractivity contribution >= 4 is 22.9 Å². The first kappa shape index (κ1) is 19.1. The fraction of sp³-hybridized carbons (Fsp3) is 0.304. The second-order valence-electron chi connectivity index (χ2n) is 7.92. The normalized spacial score (nSPS) is 16.0. The van der Waals surface area contributed by atoms with Crippen molar-refractivity contribution in [3.63, 3.8) is 0 Å². The lowest BCUT2D eigenvalue weighted by Gasteiger charge is -2.34. The van der Waals surface area contributed by atoms with Crippen molar-refractivity contribution in [2.75, 3.05) is 20.6 Å². The maximum Gasteiger partial charge on any atom is 0.335 e. The Bertz CT molecular complexity index is 1080. The highest BCUT2D eigenvalue weighted by molar-refractivity contribution is 5.88. The average molecular weight is 391 g/mol. The molecule has 0 bridgehead atoms. The number of urea groups is 1. The van der Waals surface area contributed by atoms with Gasteiger partial charge in [-0.25, -0.2) is 9.59 Å². The lowest BCUT2D eigenvalue weighted by molar-refractivity contribution is 0.0697. The Morgan fingerprint density at radius 2 is 1.79 bits per heavy atom. The Morgan fingerprint density at radius 3 is 2.45 bits per heavy atom. The van der Waals surface area contributed by atoms with E-state index in [1.54, 1.807) is 31.1 Å². The Hall–Kier alpha value is -3.28. The second-order valence-corrected chi connectivity index (χ2v) is 7.92. The molecule has 1 aliphatic rings. The topological polar surface area (TPSA) is 65.8 Å². The summed E-state index contributed by atoms with van der Waals surface area (Å²) in [6.07, 6.45) is 0. The molecule has 0 fully saturated rings. The zero-order valence-electron chi connectivity index (χ0n) is 16.9. The van der Waals surface area contributed by atoms with Crippen molar-refractivity contribution in [3.8, 4) is 0 Å². The van der Waals surface area contributed by atoms with E-state index in [9.17, 15) is 9.59 Å². The second kappa shape index (κ2) is 7.28. The van der Waals surface area contributed by atoms with E-state index < -0.39 is 5.97 Å². The highest BCUT2D eigenvalue weighted by Crippen LogP contribution is 2.37. The van der Waals surface area contributed by atoms with Crippen LogP contribution in [0.3, 0.4) is 0 Å². The van der Waals surface area contributed by atoms with E-state index >= 15 is 0 Å². The molecular weight excluding hydrogens is 366 g/mol. The van der Waals surface area contributed by atoms with E-state index in [-0.39, 0.29) is 17.5 Å². The van der Waals surface area contributed by atoms with Gasteiger partial charge in [0.15, 0.2) is 0 Å². The minimum absolute atomic E-state index is 0.0186. The van der Waals surface area contributed by atoms with Gasteiger partial charge >= 0.3 is 12.0 Å². The number of para-hydroxylation sites is 1. The summed E-state index contributed by atoms with van der Waals surface area (Å²) >= 11 is 0. The number of fused-ring (bicyclic) bond motifs is 3. The molecule has 0 spiro atoms. The summed E-state index contributed by atoms with van der Waals surface area (Å²) in [7, 11) is 3.56. The number of hydrogen-bond acceptors (Lipinski definition) is 2. The van der Waals surface area contributed by atoms with E-state index in [4.69, 9.17) is 5.11 Å².